The molecule has 2 rings (SSSR count). The maximum Gasteiger partial charge on any atom is 0.194 e. The van der Waals surface area contributed by atoms with Gasteiger partial charge in [0.25, 0.3) is 0 Å². The highest BCUT2D eigenvalue weighted by Gasteiger charge is 2.16. The Bertz CT molecular complexity index is 638. The van der Waals surface area contributed by atoms with Crippen molar-refractivity contribution in [2.75, 3.05) is 7.11 Å². The normalized spacial score (nSPS) is 10.3. The Morgan fingerprint density at radius 3 is 2.53 bits per heavy atom. The number of aryl methyl sites for hydroxylation is 1. The van der Waals surface area contributed by atoms with E-state index in [1.54, 1.807) is 38.3 Å². The van der Waals surface area contributed by atoms with Gasteiger partial charge in [-0.15, -0.1) is 0 Å². The lowest BCUT2D eigenvalue weighted by Crippen LogP contribution is -2.05. The average Bonchev–Trinajstić information content (AvgIpc) is 2.40. The number of carbonyl (C=O) groups is 1. The van der Waals surface area contributed by atoms with Crippen LogP contribution in [0.15, 0.2) is 40.9 Å². The van der Waals surface area contributed by atoms with Crippen molar-refractivity contribution in [2.45, 2.75) is 6.92 Å². The molecule has 0 atom stereocenters. The molecule has 0 spiro atoms. The number of ketones is 1. The van der Waals surface area contributed by atoms with Gasteiger partial charge in [0.1, 0.15) is 11.6 Å². The maximum atomic E-state index is 13.3. The first kappa shape index (κ1) is 13.7. The van der Waals surface area contributed by atoms with Crippen LogP contribution in [0.1, 0.15) is 21.5 Å². The van der Waals surface area contributed by atoms with Crippen LogP contribution in [0.2, 0.25) is 0 Å². The van der Waals surface area contributed by atoms with Crippen molar-refractivity contribution >= 4 is 21.7 Å². The number of halogens is 2. The van der Waals surface area contributed by atoms with Crippen molar-refractivity contribution in [3.05, 3.63) is 63.4 Å². The van der Waals surface area contributed by atoms with Crippen molar-refractivity contribution in [3.8, 4) is 5.75 Å². The zero-order valence-corrected chi connectivity index (χ0v) is 12.1. The lowest BCUT2D eigenvalue weighted by Gasteiger charge is -2.08. The Labute approximate surface area is 119 Å². The molecule has 2 nitrogen and oxygen atoms in total. The first-order valence-corrected chi connectivity index (χ1v) is 6.46. The van der Waals surface area contributed by atoms with E-state index in [2.05, 4.69) is 15.9 Å². The Balaban J connectivity index is 2.47. The fraction of sp³-hybridized carbons (Fsp3) is 0.133. The first-order valence-electron chi connectivity index (χ1n) is 5.67. The van der Waals surface area contributed by atoms with Gasteiger partial charge in [-0.2, -0.15) is 0 Å². The molecule has 0 aliphatic heterocycles. The highest BCUT2D eigenvalue weighted by atomic mass is 79.9. The Kier molecular flexibility index (Phi) is 4.00. The molecule has 0 heterocycles. The van der Waals surface area contributed by atoms with Crippen molar-refractivity contribution in [3.63, 3.8) is 0 Å². The molecule has 0 amide bonds. The summed E-state index contributed by atoms with van der Waals surface area (Å²) in [7, 11) is 1.56. The van der Waals surface area contributed by atoms with E-state index in [1.807, 2.05) is 0 Å². The quantitative estimate of drug-likeness (QED) is 0.794. The smallest absolute Gasteiger partial charge is 0.194 e. The van der Waals surface area contributed by atoms with Gasteiger partial charge in [0.15, 0.2) is 5.78 Å². The molecule has 0 aromatic heterocycles. The van der Waals surface area contributed by atoms with Crippen LogP contribution in [0.5, 0.6) is 5.75 Å². The standard InChI is InChI=1S/C15H12BrFO2/c1-9-3-4-10(17)7-13(9)15(18)12-6-5-11(19-2)8-14(12)16/h3-8H,1-2H3. The van der Waals surface area contributed by atoms with Crippen LogP contribution < -0.4 is 4.74 Å². The van der Waals surface area contributed by atoms with Crippen LogP contribution in [0.4, 0.5) is 4.39 Å². The fourth-order valence-corrected chi connectivity index (χ4v) is 2.33. The molecular weight excluding hydrogens is 311 g/mol. The SMILES string of the molecule is COc1ccc(C(=O)c2cc(F)ccc2C)c(Br)c1. The summed E-state index contributed by atoms with van der Waals surface area (Å²) in [4.78, 5) is 12.4. The molecule has 19 heavy (non-hydrogen) atoms. The second-order valence-electron chi connectivity index (χ2n) is 4.13. The number of hydrogen-bond acceptors (Lipinski definition) is 2. The second kappa shape index (κ2) is 5.53. The average molecular weight is 323 g/mol. The molecule has 4 heteroatoms. The van der Waals surface area contributed by atoms with E-state index >= 15 is 0 Å². The van der Waals surface area contributed by atoms with Crippen LogP contribution in [-0.2, 0) is 0 Å². The van der Waals surface area contributed by atoms with Crippen LogP contribution in [0.25, 0.3) is 0 Å². The predicted octanol–water partition coefficient (Wildman–Crippen LogP) is 4.14. The van der Waals surface area contributed by atoms with Gasteiger partial charge in [0.05, 0.1) is 7.11 Å². The number of rotatable bonds is 3. The lowest BCUT2D eigenvalue weighted by molar-refractivity contribution is 0.103. The van der Waals surface area contributed by atoms with Gasteiger partial charge in [-0.05, 0) is 58.7 Å². The third-order valence-electron chi connectivity index (χ3n) is 2.87. The van der Waals surface area contributed by atoms with Gasteiger partial charge in [0, 0.05) is 15.6 Å². The van der Waals surface area contributed by atoms with Crippen molar-refractivity contribution in [2.24, 2.45) is 0 Å². The Hall–Kier alpha value is -1.68. The lowest BCUT2D eigenvalue weighted by atomic mass is 9.99. The van der Waals surface area contributed by atoms with Gasteiger partial charge < -0.3 is 4.74 Å². The molecule has 0 saturated carbocycles. The zero-order valence-electron chi connectivity index (χ0n) is 10.5. The molecule has 0 aliphatic carbocycles. The van der Waals surface area contributed by atoms with E-state index in [9.17, 15) is 9.18 Å². The van der Waals surface area contributed by atoms with Gasteiger partial charge >= 0.3 is 0 Å². The van der Waals surface area contributed by atoms with Gasteiger partial charge in [-0.25, -0.2) is 4.39 Å². The number of methoxy groups -OCH3 is 1. The molecule has 0 fully saturated rings. The highest BCUT2D eigenvalue weighted by molar-refractivity contribution is 9.10. The zero-order chi connectivity index (χ0) is 14.0. The minimum atomic E-state index is -0.418. The molecule has 0 aliphatic rings. The topological polar surface area (TPSA) is 26.3 Å². The minimum absolute atomic E-state index is 0.216. The van der Waals surface area contributed by atoms with E-state index in [0.717, 1.165) is 5.56 Å². The molecule has 0 bridgehead atoms. The third kappa shape index (κ3) is 2.84. The molecule has 0 N–H and O–H groups in total. The third-order valence-corrected chi connectivity index (χ3v) is 3.52. The van der Waals surface area contributed by atoms with Crippen LogP contribution in [0, 0.1) is 12.7 Å². The second-order valence-corrected chi connectivity index (χ2v) is 4.99. The molecule has 98 valence electrons. The van der Waals surface area contributed by atoms with Crippen LogP contribution in [-0.4, -0.2) is 12.9 Å². The van der Waals surface area contributed by atoms with E-state index in [-0.39, 0.29) is 5.78 Å². The number of hydrogen-bond donors (Lipinski definition) is 0. The number of benzene rings is 2. The van der Waals surface area contributed by atoms with E-state index < -0.39 is 5.82 Å². The highest BCUT2D eigenvalue weighted by Crippen LogP contribution is 2.26. The monoisotopic (exact) mass is 322 g/mol. The molecule has 2 aromatic carbocycles. The van der Waals surface area contributed by atoms with E-state index in [0.29, 0.717) is 21.3 Å². The largest absolute Gasteiger partial charge is 0.497 e. The predicted molar refractivity (Wildman–Crippen MR) is 75.3 cm³/mol. The van der Waals surface area contributed by atoms with Gasteiger partial charge in [-0.3, -0.25) is 4.79 Å². The van der Waals surface area contributed by atoms with Crippen LogP contribution >= 0.6 is 15.9 Å². The summed E-state index contributed by atoms with van der Waals surface area (Å²) < 4.78 is 19.0. The Morgan fingerprint density at radius 1 is 1.16 bits per heavy atom. The maximum absolute atomic E-state index is 13.3. The van der Waals surface area contributed by atoms with Crippen molar-refractivity contribution in [1.29, 1.82) is 0 Å². The van der Waals surface area contributed by atoms with Crippen molar-refractivity contribution < 1.29 is 13.9 Å². The van der Waals surface area contributed by atoms with Gasteiger partial charge in [-0.1, -0.05) is 6.07 Å². The molecule has 0 unspecified atom stereocenters. The summed E-state index contributed by atoms with van der Waals surface area (Å²) in [6.07, 6.45) is 0. The molecule has 0 radical (unpaired) electrons. The van der Waals surface area contributed by atoms with Crippen molar-refractivity contribution in [1.82, 2.24) is 0 Å². The summed E-state index contributed by atoms with van der Waals surface area (Å²) in [6.45, 7) is 1.78. The molecular formula is C15H12BrFO2. The number of carbonyl (C=O) groups excluding carboxylic acids is 1. The number of ether oxygens (including phenoxy) is 1. The first-order chi connectivity index (χ1) is 9.02. The van der Waals surface area contributed by atoms with Crippen LogP contribution in [0.3, 0.4) is 0 Å². The Morgan fingerprint density at radius 2 is 1.89 bits per heavy atom. The van der Waals surface area contributed by atoms with Gasteiger partial charge in [0.2, 0.25) is 0 Å². The molecule has 2 aromatic rings. The minimum Gasteiger partial charge on any atom is -0.497 e. The fourth-order valence-electron chi connectivity index (χ4n) is 1.79. The van der Waals surface area contributed by atoms with E-state index in [1.165, 1.54) is 12.1 Å². The summed E-state index contributed by atoms with van der Waals surface area (Å²) >= 11 is 3.33. The summed E-state index contributed by atoms with van der Waals surface area (Å²) in [6, 6.07) is 9.27. The van der Waals surface area contributed by atoms with E-state index in [4.69, 9.17) is 4.74 Å². The molecule has 0 saturated heterocycles. The summed E-state index contributed by atoms with van der Waals surface area (Å²) in [5.41, 5.74) is 1.59. The summed E-state index contributed by atoms with van der Waals surface area (Å²) in [5.74, 6) is 0.0181. The summed E-state index contributed by atoms with van der Waals surface area (Å²) in [5, 5.41) is 0.